The van der Waals surface area contributed by atoms with Crippen LogP contribution in [0.2, 0.25) is 0 Å². The fraction of sp³-hybridized carbons (Fsp3) is 0.360. The van der Waals surface area contributed by atoms with Crippen LogP contribution in [0.5, 0.6) is 11.5 Å². The van der Waals surface area contributed by atoms with Crippen LogP contribution in [0.25, 0.3) is 0 Å². The maximum atomic E-state index is 13.3. The molecular formula is C25H26BrNO4. The molecule has 0 aromatic heterocycles. The lowest BCUT2D eigenvalue weighted by Gasteiger charge is -2.34. The summed E-state index contributed by atoms with van der Waals surface area (Å²) in [6.07, 6.45) is 2.33. The molecule has 5 nitrogen and oxygen atoms in total. The van der Waals surface area contributed by atoms with Crippen LogP contribution in [-0.2, 0) is 16.0 Å². The molecule has 1 N–H and O–H groups in total. The van der Waals surface area contributed by atoms with Crippen molar-refractivity contribution in [2.75, 3.05) is 14.2 Å². The largest absolute Gasteiger partial charge is 0.493 e. The summed E-state index contributed by atoms with van der Waals surface area (Å²) in [5.41, 5.74) is 4.76. The van der Waals surface area contributed by atoms with Gasteiger partial charge in [0.25, 0.3) is 0 Å². The van der Waals surface area contributed by atoms with Crippen molar-refractivity contribution in [2.24, 2.45) is 0 Å². The van der Waals surface area contributed by atoms with E-state index in [4.69, 9.17) is 9.47 Å². The second-order valence-corrected chi connectivity index (χ2v) is 8.91. The van der Waals surface area contributed by atoms with Gasteiger partial charge in [-0.05, 0) is 63.5 Å². The van der Waals surface area contributed by atoms with Gasteiger partial charge in [0.05, 0.1) is 18.7 Å². The Balaban J connectivity index is 1.71. The van der Waals surface area contributed by atoms with Crippen LogP contribution in [0.3, 0.4) is 0 Å². The SMILES string of the molecule is CCc1ccc(C2CC(=O)C3=C(C2)NC(=O)CC3c2cc(Br)c(OC)c(OC)c2)cc1. The highest BCUT2D eigenvalue weighted by atomic mass is 79.9. The van der Waals surface area contributed by atoms with Gasteiger partial charge < -0.3 is 14.8 Å². The predicted octanol–water partition coefficient (Wildman–Crippen LogP) is 5.03. The Bertz CT molecular complexity index is 1060. The minimum absolute atomic E-state index is 0.0653. The lowest BCUT2D eigenvalue weighted by atomic mass is 9.73. The zero-order valence-corrected chi connectivity index (χ0v) is 19.5. The summed E-state index contributed by atoms with van der Waals surface area (Å²) in [6.45, 7) is 2.13. The Hall–Kier alpha value is -2.60. The van der Waals surface area contributed by atoms with Gasteiger partial charge in [0.2, 0.25) is 5.91 Å². The molecule has 1 aliphatic carbocycles. The Morgan fingerprint density at radius 2 is 1.74 bits per heavy atom. The number of halogens is 1. The van der Waals surface area contributed by atoms with E-state index in [9.17, 15) is 9.59 Å². The first-order valence-electron chi connectivity index (χ1n) is 10.5. The number of rotatable bonds is 5. The van der Waals surface area contributed by atoms with E-state index in [1.165, 1.54) is 5.56 Å². The van der Waals surface area contributed by atoms with Crippen LogP contribution >= 0.6 is 15.9 Å². The lowest BCUT2D eigenvalue weighted by molar-refractivity contribution is -0.122. The van der Waals surface area contributed by atoms with Gasteiger partial charge in [-0.2, -0.15) is 0 Å². The van der Waals surface area contributed by atoms with Crippen molar-refractivity contribution in [3.05, 3.63) is 68.8 Å². The van der Waals surface area contributed by atoms with Crippen LogP contribution in [0.1, 0.15) is 54.7 Å². The van der Waals surface area contributed by atoms with Gasteiger partial charge in [-0.25, -0.2) is 0 Å². The first kappa shape index (κ1) is 21.6. The molecule has 2 aromatic carbocycles. The van der Waals surface area contributed by atoms with Gasteiger partial charge in [-0.15, -0.1) is 0 Å². The molecular weight excluding hydrogens is 458 g/mol. The molecule has 0 fully saturated rings. The van der Waals surface area contributed by atoms with E-state index in [1.54, 1.807) is 14.2 Å². The average molecular weight is 484 g/mol. The monoisotopic (exact) mass is 483 g/mol. The van der Waals surface area contributed by atoms with Crippen LogP contribution in [0.15, 0.2) is 52.1 Å². The Kier molecular flexibility index (Phi) is 6.19. The minimum Gasteiger partial charge on any atom is -0.493 e. The van der Waals surface area contributed by atoms with Gasteiger partial charge in [0, 0.05) is 30.0 Å². The number of ketones is 1. The normalized spacial score (nSPS) is 20.9. The van der Waals surface area contributed by atoms with E-state index in [1.807, 2.05) is 12.1 Å². The number of hydrogen-bond donors (Lipinski definition) is 1. The number of benzene rings is 2. The van der Waals surface area contributed by atoms with Gasteiger partial charge in [-0.3, -0.25) is 9.59 Å². The van der Waals surface area contributed by atoms with E-state index in [0.717, 1.165) is 33.3 Å². The number of carbonyl (C=O) groups is 2. The van der Waals surface area contributed by atoms with Crippen molar-refractivity contribution < 1.29 is 19.1 Å². The third-order valence-electron chi connectivity index (χ3n) is 6.25. The standard InChI is InChI=1S/C25H26BrNO4/c1-4-14-5-7-15(8-6-14)16-10-20-24(21(28)11-16)18(13-23(29)27-20)17-9-19(26)25(31-3)22(12-17)30-2/h5-9,12,16,18H,4,10-11,13H2,1-3H3,(H,27,29). The highest BCUT2D eigenvalue weighted by Crippen LogP contribution is 2.45. The number of hydrogen-bond acceptors (Lipinski definition) is 4. The molecule has 0 bridgehead atoms. The molecule has 31 heavy (non-hydrogen) atoms. The van der Waals surface area contributed by atoms with Gasteiger partial charge >= 0.3 is 0 Å². The van der Waals surface area contributed by atoms with Gasteiger partial charge in [0.1, 0.15) is 0 Å². The molecule has 1 amide bonds. The van der Waals surface area contributed by atoms with Crippen molar-refractivity contribution in [2.45, 2.75) is 44.4 Å². The summed E-state index contributed by atoms with van der Waals surface area (Å²) in [6, 6.07) is 12.2. The summed E-state index contributed by atoms with van der Waals surface area (Å²) in [4.78, 5) is 25.9. The maximum absolute atomic E-state index is 13.3. The van der Waals surface area contributed by atoms with Crippen LogP contribution in [0.4, 0.5) is 0 Å². The van der Waals surface area contributed by atoms with E-state index >= 15 is 0 Å². The molecule has 1 heterocycles. The molecule has 0 saturated carbocycles. The average Bonchev–Trinajstić information content (AvgIpc) is 2.77. The lowest BCUT2D eigenvalue weighted by Crippen LogP contribution is -2.38. The van der Waals surface area contributed by atoms with Crippen LogP contribution < -0.4 is 14.8 Å². The van der Waals surface area contributed by atoms with Crippen molar-refractivity contribution in [3.8, 4) is 11.5 Å². The molecule has 6 heteroatoms. The van der Waals surface area contributed by atoms with Crippen molar-refractivity contribution in [3.63, 3.8) is 0 Å². The number of allylic oxidation sites excluding steroid dienone is 2. The quantitative estimate of drug-likeness (QED) is 0.647. The molecule has 2 aromatic rings. The predicted molar refractivity (Wildman–Crippen MR) is 123 cm³/mol. The van der Waals surface area contributed by atoms with Crippen LogP contribution in [0, 0.1) is 0 Å². The minimum atomic E-state index is -0.296. The van der Waals surface area contributed by atoms with E-state index in [2.05, 4.69) is 52.4 Å². The summed E-state index contributed by atoms with van der Waals surface area (Å²) >= 11 is 3.53. The highest BCUT2D eigenvalue weighted by molar-refractivity contribution is 9.10. The zero-order valence-electron chi connectivity index (χ0n) is 18.0. The summed E-state index contributed by atoms with van der Waals surface area (Å²) in [5.74, 6) is 0.971. The van der Waals surface area contributed by atoms with Gasteiger partial charge in [-0.1, -0.05) is 31.2 Å². The Morgan fingerprint density at radius 3 is 2.39 bits per heavy atom. The van der Waals surface area contributed by atoms with Crippen molar-refractivity contribution in [1.29, 1.82) is 0 Å². The molecule has 0 saturated heterocycles. The highest BCUT2D eigenvalue weighted by Gasteiger charge is 2.38. The first-order chi connectivity index (χ1) is 14.9. The van der Waals surface area contributed by atoms with Crippen molar-refractivity contribution in [1.82, 2.24) is 5.32 Å². The number of ether oxygens (including phenoxy) is 2. The van der Waals surface area contributed by atoms with Crippen molar-refractivity contribution >= 4 is 27.6 Å². The first-order valence-corrected chi connectivity index (χ1v) is 11.3. The number of aryl methyl sites for hydroxylation is 1. The maximum Gasteiger partial charge on any atom is 0.225 e. The fourth-order valence-corrected chi connectivity index (χ4v) is 5.27. The zero-order chi connectivity index (χ0) is 22.1. The Labute approximate surface area is 190 Å². The second kappa shape index (κ2) is 8.87. The molecule has 2 unspecified atom stereocenters. The smallest absolute Gasteiger partial charge is 0.225 e. The third-order valence-corrected chi connectivity index (χ3v) is 6.84. The summed E-state index contributed by atoms with van der Waals surface area (Å²) < 4.78 is 11.6. The van der Waals surface area contributed by atoms with E-state index < -0.39 is 0 Å². The topological polar surface area (TPSA) is 64.6 Å². The molecule has 0 radical (unpaired) electrons. The molecule has 4 rings (SSSR count). The number of carbonyl (C=O) groups excluding carboxylic acids is 2. The fourth-order valence-electron chi connectivity index (χ4n) is 4.65. The molecule has 0 spiro atoms. The van der Waals surface area contributed by atoms with E-state index in [-0.39, 0.29) is 29.9 Å². The van der Waals surface area contributed by atoms with Gasteiger partial charge in [0.15, 0.2) is 17.3 Å². The Morgan fingerprint density at radius 1 is 1.00 bits per heavy atom. The number of nitrogens with one attached hydrogen (secondary N) is 1. The third kappa shape index (κ3) is 4.13. The molecule has 162 valence electrons. The van der Waals surface area contributed by atoms with E-state index in [0.29, 0.717) is 24.3 Å². The second-order valence-electron chi connectivity index (χ2n) is 8.06. The summed E-state index contributed by atoms with van der Waals surface area (Å²) in [7, 11) is 3.15. The number of methoxy groups -OCH3 is 2. The number of amides is 1. The molecule has 2 atom stereocenters. The summed E-state index contributed by atoms with van der Waals surface area (Å²) in [5, 5.41) is 2.99. The molecule has 2 aliphatic rings. The molecule has 1 aliphatic heterocycles. The van der Waals surface area contributed by atoms with Crippen LogP contribution in [-0.4, -0.2) is 25.9 Å². The number of Topliss-reactive ketones (excluding diaryl/α,β-unsaturated/α-hetero) is 1.